The molecule has 0 atom stereocenters. The molecule has 2 amide bonds. The summed E-state index contributed by atoms with van der Waals surface area (Å²) in [6.07, 6.45) is 1.26. The third kappa shape index (κ3) is 6.30. The maximum absolute atomic E-state index is 14.2. The number of anilines is 2. The summed E-state index contributed by atoms with van der Waals surface area (Å²) in [5.74, 6) is -0.590. The third-order valence-electron chi connectivity index (χ3n) is 9.11. The smallest absolute Gasteiger partial charge is 0.377 e. The lowest BCUT2D eigenvalue weighted by atomic mass is 10.1. The second kappa shape index (κ2) is 13.1. The Hall–Kier alpha value is -4.90. The second-order valence-electron chi connectivity index (χ2n) is 12.4. The summed E-state index contributed by atoms with van der Waals surface area (Å²) in [6.45, 7) is 3.26. The van der Waals surface area contributed by atoms with Gasteiger partial charge in [0, 0.05) is 32.4 Å². The molecule has 5 heterocycles. The van der Waals surface area contributed by atoms with Crippen LogP contribution in [0.1, 0.15) is 59.7 Å². The molecular weight excluding hydrogens is 683 g/mol. The van der Waals surface area contributed by atoms with Gasteiger partial charge in [0.05, 0.1) is 41.2 Å². The Labute approximate surface area is 287 Å². The zero-order valence-electron chi connectivity index (χ0n) is 26.9. The van der Waals surface area contributed by atoms with Crippen molar-refractivity contribution in [2.45, 2.75) is 51.4 Å². The largest absolute Gasteiger partial charge is 0.416 e. The lowest BCUT2D eigenvalue weighted by molar-refractivity contribution is -0.137. The molecule has 7 rings (SSSR count). The van der Waals surface area contributed by atoms with E-state index >= 15 is 0 Å². The Morgan fingerprint density at radius 3 is 2.52 bits per heavy atom. The van der Waals surface area contributed by atoms with E-state index < -0.39 is 29.1 Å². The highest BCUT2D eigenvalue weighted by Gasteiger charge is 2.33. The molecule has 2 aliphatic heterocycles. The zero-order chi connectivity index (χ0) is 35.3. The number of ether oxygens (including phenoxy) is 1. The van der Waals surface area contributed by atoms with Crippen molar-refractivity contribution in [1.82, 2.24) is 33.8 Å². The monoisotopic (exact) mass is 715 g/mol. The number of H-pyrrole nitrogens is 1. The van der Waals surface area contributed by atoms with Crippen LogP contribution in [-0.4, -0.2) is 85.1 Å². The molecular formula is C32H33ClF3N9O5. The molecule has 1 aromatic carbocycles. The number of hydrogen-bond donors (Lipinski definition) is 2. The van der Waals surface area contributed by atoms with Crippen molar-refractivity contribution in [3.8, 4) is 0 Å². The summed E-state index contributed by atoms with van der Waals surface area (Å²) in [5.41, 5.74) is -0.158. The topological polar surface area (TPSA) is 152 Å². The minimum atomic E-state index is -4.61. The summed E-state index contributed by atoms with van der Waals surface area (Å²) in [6, 6.07) is 2.74. The van der Waals surface area contributed by atoms with Gasteiger partial charge in [-0.25, -0.2) is 4.68 Å². The minimum Gasteiger partial charge on any atom is -0.377 e. The summed E-state index contributed by atoms with van der Waals surface area (Å²) in [4.78, 5) is 61.8. The first-order valence-corrected chi connectivity index (χ1v) is 16.6. The molecule has 3 aromatic heterocycles. The Morgan fingerprint density at radius 2 is 1.88 bits per heavy atom. The van der Waals surface area contributed by atoms with E-state index in [9.17, 15) is 32.3 Å². The van der Waals surface area contributed by atoms with Crippen LogP contribution in [0.5, 0.6) is 0 Å². The molecule has 0 unspecified atom stereocenters. The lowest BCUT2D eigenvalue weighted by Crippen LogP contribution is -2.51. The summed E-state index contributed by atoms with van der Waals surface area (Å²) in [7, 11) is 0. The van der Waals surface area contributed by atoms with Gasteiger partial charge in [-0.2, -0.15) is 22.7 Å². The Bertz CT molecular complexity index is 2140. The first-order chi connectivity index (χ1) is 23.9. The molecule has 2 fully saturated rings. The van der Waals surface area contributed by atoms with Gasteiger partial charge in [0.15, 0.2) is 5.82 Å². The SMILES string of the molecule is CCc1c(N2CCN(C(=O)c3c[nH]n(C4CC4)c3=O)CC2)c(=O)n2nc(C3=CCOCC3)nc2n1CC(=O)Nc1ccc(C(F)(F)F)cc1Cl. The van der Waals surface area contributed by atoms with Gasteiger partial charge in [-0.1, -0.05) is 24.6 Å². The minimum absolute atomic E-state index is 0.0124. The predicted molar refractivity (Wildman–Crippen MR) is 177 cm³/mol. The van der Waals surface area contributed by atoms with E-state index in [0.717, 1.165) is 41.1 Å². The number of carbonyl (C=O) groups excluding carboxylic acids is 2. The molecule has 0 radical (unpaired) electrons. The number of halogens is 4. The highest BCUT2D eigenvalue weighted by molar-refractivity contribution is 6.33. The van der Waals surface area contributed by atoms with E-state index in [0.29, 0.717) is 37.6 Å². The number of benzene rings is 1. The van der Waals surface area contributed by atoms with E-state index in [2.05, 4.69) is 20.5 Å². The van der Waals surface area contributed by atoms with Gasteiger partial charge in [-0.3, -0.25) is 19.2 Å². The van der Waals surface area contributed by atoms with Crippen LogP contribution in [0, 0.1) is 0 Å². The molecule has 0 spiro atoms. The summed E-state index contributed by atoms with van der Waals surface area (Å²) in [5, 5.41) is 9.72. The van der Waals surface area contributed by atoms with Crippen molar-refractivity contribution >= 4 is 46.1 Å². The zero-order valence-corrected chi connectivity index (χ0v) is 27.7. The van der Waals surface area contributed by atoms with Gasteiger partial charge >= 0.3 is 6.18 Å². The number of hydrogen-bond acceptors (Lipinski definition) is 8. The number of piperazine rings is 1. The average Bonchev–Trinajstić information content (AvgIpc) is 3.72. The number of amides is 2. The number of aromatic nitrogens is 6. The molecule has 50 heavy (non-hydrogen) atoms. The fraction of sp³-hybridized carbons (Fsp3) is 0.438. The van der Waals surface area contributed by atoms with Crippen LogP contribution < -0.4 is 21.3 Å². The molecule has 0 bridgehead atoms. The number of carbonyl (C=O) groups is 2. The summed E-state index contributed by atoms with van der Waals surface area (Å²) >= 11 is 6.11. The molecule has 14 nitrogen and oxygen atoms in total. The van der Waals surface area contributed by atoms with Crippen molar-refractivity contribution in [3.05, 3.63) is 78.8 Å². The fourth-order valence-corrected chi connectivity index (χ4v) is 6.59. The van der Waals surface area contributed by atoms with Gasteiger partial charge in [-0.15, -0.1) is 5.10 Å². The quantitative estimate of drug-likeness (QED) is 0.282. The molecule has 1 saturated carbocycles. The summed E-state index contributed by atoms with van der Waals surface area (Å²) < 4.78 is 49.2. The fourth-order valence-electron chi connectivity index (χ4n) is 6.37. The standard InChI is InChI=1S/C32H33ClF3N9O5/c1-2-24-26(41-9-11-42(12-10-41)28(47)21-16-37-44(29(21)48)20-4-5-20)30(49)45-31(39-27(40-45)18-7-13-50-14-8-18)43(24)17-25(46)38-23-6-3-19(15-22(23)33)32(34,35)36/h3,6-7,15-16,20,37H,2,4-5,8-14,17H2,1H3,(H,38,46). The lowest BCUT2D eigenvalue weighted by Gasteiger charge is -2.36. The predicted octanol–water partition coefficient (Wildman–Crippen LogP) is 3.36. The van der Waals surface area contributed by atoms with E-state index in [4.69, 9.17) is 16.3 Å². The Balaban J connectivity index is 1.20. The van der Waals surface area contributed by atoms with Crippen LogP contribution >= 0.6 is 11.6 Å². The number of rotatable bonds is 8. The molecule has 3 aliphatic rings. The number of nitrogens with zero attached hydrogens (tertiary/aromatic N) is 7. The van der Waals surface area contributed by atoms with Crippen molar-refractivity contribution in [1.29, 1.82) is 0 Å². The molecule has 1 aliphatic carbocycles. The van der Waals surface area contributed by atoms with Gasteiger partial charge in [0.25, 0.3) is 17.0 Å². The molecule has 18 heteroatoms. The molecule has 4 aromatic rings. The van der Waals surface area contributed by atoms with Crippen LogP contribution in [0.15, 0.2) is 40.1 Å². The highest BCUT2D eigenvalue weighted by Crippen LogP contribution is 2.34. The van der Waals surface area contributed by atoms with Crippen molar-refractivity contribution in [3.63, 3.8) is 0 Å². The highest BCUT2D eigenvalue weighted by atomic mass is 35.5. The normalized spacial score (nSPS) is 16.9. The maximum atomic E-state index is 14.2. The van der Waals surface area contributed by atoms with Crippen LogP contribution in [0.4, 0.5) is 24.5 Å². The molecule has 264 valence electrons. The number of alkyl halides is 3. The van der Waals surface area contributed by atoms with Crippen molar-refractivity contribution < 1.29 is 27.5 Å². The molecule has 2 N–H and O–H groups in total. The first-order valence-electron chi connectivity index (χ1n) is 16.2. The molecule has 1 saturated heterocycles. The van der Waals surface area contributed by atoms with Gasteiger partial charge < -0.3 is 29.5 Å². The van der Waals surface area contributed by atoms with Gasteiger partial charge in [0.1, 0.15) is 17.8 Å². The van der Waals surface area contributed by atoms with Crippen molar-refractivity contribution in [2.24, 2.45) is 0 Å². The number of fused-ring (bicyclic) bond motifs is 1. The van der Waals surface area contributed by atoms with Crippen LogP contribution in [0.25, 0.3) is 11.4 Å². The second-order valence-corrected chi connectivity index (χ2v) is 12.8. The Kier molecular flexibility index (Phi) is 8.80. The van der Waals surface area contributed by atoms with Crippen molar-refractivity contribution in [2.75, 3.05) is 49.6 Å². The Morgan fingerprint density at radius 1 is 1.12 bits per heavy atom. The first kappa shape index (κ1) is 33.6. The van der Waals surface area contributed by atoms with Crippen LogP contribution in [0.3, 0.4) is 0 Å². The van der Waals surface area contributed by atoms with E-state index in [-0.39, 0.29) is 72.1 Å². The van der Waals surface area contributed by atoms with Gasteiger partial charge in [-0.05, 0) is 49.5 Å². The van der Waals surface area contributed by atoms with E-state index in [1.165, 1.54) is 10.9 Å². The van der Waals surface area contributed by atoms with Crippen LogP contribution in [-0.2, 0) is 28.7 Å². The number of aromatic amines is 1. The van der Waals surface area contributed by atoms with E-state index in [1.807, 2.05) is 17.9 Å². The number of nitrogens with one attached hydrogen (secondary N) is 2. The third-order valence-corrected chi connectivity index (χ3v) is 9.42. The average molecular weight is 716 g/mol. The van der Waals surface area contributed by atoms with E-state index in [1.54, 1.807) is 9.47 Å². The van der Waals surface area contributed by atoms with Crippen LogP contribution in [0.2, 0.25) is 5.02 Å². The maximum Gasteiger partial charge on any atom is 0.416 e. The van der Waals surface area contributed by atoms with Gasteiger partial charge in [0.2, 0.25) is 11.7 Å².